The Balaban J connectivity index is 1.99. The van der Waals surface area contributed by atoms with E-state index in [1.807, 2.05) is 48.5 Å². The first-order chi connectivity index (χ1) is 12.6. The van der Waals surface area contributed by atoms with Crippen molar-refractivity contribution in [2.45, 2.75) is 6.92 Å². The Hall–Kier alpha value is -3.65. The van der Waals surface area contributed by atoms with Gasteiger partial charge in [-0.15, -0.1) is 0 Å². The molecule has 0 spiro atoms. The number of pyridine rings is 1. The summed E-state index contributed by atoms with van der Waals surface area (Å²) in [6, 6.07) is 17.7. The van der Waals surface area contributed by atoms with Gasteiger partial charge in [0.05, 0.1) is 11.8 Å². The lowest BCUT2D eigenvalue weighted by Gasteiger charge is -2.11. The third-order valence-corrected chi connectivity index (χ3v) is 3.91. The van der Waals surface area contributed by atoms with Crippen LogP contribution in [0.4, 0.5) is 11.4 Å². The molecule has 0 radical (unpaired) electrons. The summed E-state index contributed by atoms with van der Waals surface area (Å²) in [6.07, 6.45) is 1.67. The Morgan fingerprint density at radius 2 is 2.08 bits per heavy atom. The van der Waals surface area contributed by atoms with Gasteiger partial charge in [-0.25, -0.2) is 0 Å². The number of nitriles is 1. The lowest BCUT2D eigenvalue weighted by atomic mass is 10.0. The number of fused-ring (bicyclic) bond motifs is 1. The fraction of sp³-hybridized carbons (Fsp3) is 0.0952. The van der Waals surface area contributed by atoms with Crippen molar-refractivity contribution in [3.63, 3.8) is 0 Å². The molecule has 0 aliphatic heterocycles. The quantitative estimate of drug-likeness (QED) is 0.676. The van der Waals surface area contributed by atoms with Crippen LogP contribution in [0.15, 0.2) is 66.9 Å². The van der Waals surface area contributed by atoms with Crippen molar-refractivity contribution in [3.05, 3.63) is 66.9 Å². The predicted octanol–water partition coefficient (Wildman–Crippen LogP) is 4.35. The van der Waals surface area contributed by atoms with Crippen molar-refractivity contribution in [2.24, 2.45) is 0 Å². The maximum absolute atomic E-state index is 11.3. The first-order valence-electron chi connectivity index (χ1n) is 8.15. The molecule has 1 amide bonds. The molecule has 3 aromatic rings. The van der Waals surface area contributed by atoms with Crippen LogP contribution in [-0.4, -0.2) is 17.4 Å². The molecule has 5 nitrogen and oxygen atoms in total. The first kappa shape index (κ1) is 17.2. The second-order valence-electron chi connectivity index (χ2n) is 5.92. The van der Waals surface area contributed by atoms with E-state index in [1.54, 1.807) is 12.3 Å². The van der Waals surface area contributed by atoms with Crippen LogP contribution in [0, 0.1) is 11.3 Å². The van der Waals surface area contributed by atoms with Gasteiger partial charge in [0.1, 0.15) is 0 Å². The summed E-state index contributed by atoms with van der Waals surface area (Å²) in [4.78, 5) is 15.7. The molecule has 128 valence electrons. The van der Waals surface area contributed by atoms with E-state index in [9.17, 15) is 4.79 Å². The summed E-state index contributed by atoms with van der Waals surface area (Å²) in [7, 11) is 0. The normalized spacial score (nSPS) is 10.2. The van der Waals surface area contributed by atoms with Gasteiger partial charge in [0, 0.05) is 47.6 Å². The number of benzene rings is 2. The second kappa shape index (κ2) is 7.49. The molecule has 0 bridgehead atoms. The highest BCUT2D eigenvalue weighted by atomic mass is 16.1. The van der Waals surface area contributed by atoms with Crippen molar-refractivity contribution in [1.82, 2.24) is 4.98 Å². The first-order valence-corrected chi connectivity index (χ1v) is 8.15. The molecular formula is C21H18N4O. The topological polar surface area (TPSA) is 77.8 Å². The molecule has 3 rings (SSSR count). The molecular weight excluding hydrogens is 324 g/mol. The van der Waals surface area contributed by atoms with E-state index in [4.69, 9.17) is 5.26 Å². The van der Waals surface area contributed by atoms with Gasteiger partial charge >= 0.3 is 0 Å². The molecule has 0 unspecified atom stereocenters. The van der Waals surface area contributed by atoms with Crippen LogP contribution in [-0.2, 0) is 4.79 Å². The van der Waals surface area contributed by atoms with E-state index in [0.29, 0.717) is 17.8 Å². The largest absolute Gasteiger partial charge is 0.380 e. The Morgan fingerprint density at radius 1 is 1.23 bits per heavy atom. The van der Waals surface area contributed by atoms with Gasteiger partial charge in [0.2, 0.25) is 5.91 Å². The fourth-order valence-electron chi connectivity index (χ4n) is 2.70. The number of carbonyl (C=O) groups is 1. The average molecular weight is 342 g/mol. The number of nitrogens with one attached hydrogen (secondary N) is 2. The summed E-state index contributed by atoms with van der Waals surface area (Å²) in [6.45, 7) is 5.57. The monoisotopic (exact) mass is 342 g/mol. The van der Waals surface area contributed by atoms with Gasteiger partial charge in [0.15, 0.2) is 0 Å². The lowest BCUT2D eigenvalue weighted by Crippen LogP contribution is -2.05. The van der Waals surface area contributed by atoms with Crippen molar-refractivity contribution < 1.29 is 4.79 Å². The number of aromatic nitrogens is 1. The van der Waals surface area contributed by atoms with Gasteiger partial charge in [0.25, 0.3) is 0 Å². The van der Waals surface area contributed by atoms with Crippen LogP contribution >= 0.6 is 0 Å². The standard InChI is InChI=1S/C21H18N4O/c1-14(12-22)13-24-20-5-3-4-16-6-7-17(10-19(16)20)21-11-18(8-9-23-21)25-15(2)26/h3-11,24H,1,13H2,2H3,(H,23,25,26). The summed E-state index contributed by atoms with van der Waals surface area (Å²) < 4.78 is 0. The van der Waals surface area contributed by atoms with Crippen LogP contribution in [0.5, 0.6) is 0 Å². The Kier molecular flexibility index (Phi) is 4.95. The van der Waals surface area contributed by atoms with Crippen LogP contribution < -0.4 is 10.6 Å². The summed E-state index contributed by atoms with van der Waals surface area (Å²) >= 11 is 0. The van der Waals surface area contributed by atoms with Crippen LogP contribution in [0.2, 0.25) is 0 Å². The van der Waals surface area contributed by atoms with E-state index >= 15 is 0 Å². The van der Waals surface area contributed by atoms with E-state index in [2.05, 4.69) is 22.2 Å². The number of nitrogens with zero attached hydrogens (tertiary/aromatic N) is 2. The SMILES string of the molecule is C=C(C#N)CNc1cccc2ccc(-c3cc(NC(C)=O)ccn3)cc12. The molecule has 0 fully saturated rings. The lowest BCUT2D eigenvalue weighted by molar-refractivity contribution is -0.114. The summed E-state index contributed by atoms with van der Waals surface area (Å²) in [5, 5.41) is 17.0. The average Bonchev–Trinajstić information content (AvgIpc) is 2.65. The minimum absolute atomic E-state index is 0.120. The molecule has 0 aliphatic rings. The fourth-order valence-corrected chi connectivity index (χ4v) is 2.70. The van der Waals surface area contributed by atoms with Gasteiger partial charge in [-0.3, -0.25) is 9.78 Å². The van der Waals surface area contributed by atoms with Crippen molar-refractivity contribution in [2.75, 3.05) is 17.2 Å². The van der Waals surface area contributed by atoms with Crippen molar-refractivity contribution in [3.8, 4) is 17.3 Å². The molecule has 0 saturated carbocycles. The summed E-state index contributed by atoms with van der Waals surface area (Å²) in [5.41, 5.74) is 3.83. The zero-order valence-electron chi connectivity index (χ0n) is 14.4. The van der Waals surface area contributed by atoms with Gasteiger partial charge < -0.3 is 10.6 Å². The number of hydrogen-bond acceptors (Lipinski definition) is 4. The number of rotatable bonds is 5. The van der Waals surface area contributed by atoms with Crippen LogP contribution in [0.25, 0.3) is 22.0 Å². The van der Waals surface area contributed by atoms with E-state index < -0.39 is 0 Å². The smallest absolute Gasteiger partial charge is 0.221 e. The van der Waals surface area contributed by atoms with Crippen LogP contribution in [0.3, 0.4) is 0 Å². The highest BCUT2D eigenvalue weighted by Crippen LogP contribution is 2.29. The highest BCUT2D eigenvalue weighted by Gasteiger charge is 2.06. The molecule has 0 saturated heterocycles. The minimum Gasteiger partial charge on any atom is -0.380 e. The molecule has 5 heteroatoms. The van der Waals surface area contributed by atoms with E-state index in [0.717, 1.165) is 27.7 Å². The zero-order chi connectivity index (χ0) is 18.5. The van der Waals surface area contributed by atoms with Crippen LogP contribution in [0.1, 0.15) is 6.92 Å². The molecule has 0 aliphatic carbocycles. The number of anilines is 2. The summed E-state index contributed by atoms with van der Waals surface area (Å²) in [5.74, 6) is -0.120. The number of hydrogen-bond donors (Lipinski definition) is 2. The minimum atomic E-state index is -0.120. The number of carbonyl (C=O) groups excluding carboxylic acids is 1. The second-order valence-corrected chi connectivity index (χ2v) is 5.92. The van der Waals surface area contributed by atoms with E-state index in [-0.39, 0.29) is 5.91 Å². The zero-order valence-corrected chi connectivity index (χ0v) is 14.4. The van der Waals surface area contributed by atoms with Gasteiger partial charge in [-0.1, -0.05) is 30.8 Å². The van der Waals surface area contributed by atoms with Crippen molar-refractivity contribution >= 4 is 28.1 Å². The van der Waals surface area contributed by atoms with E-state index in [1.165, 1.54) is 6.92 Å². The Labute approximate surface area is 152 Å². The maximum Gasteiger partial charge on any atom is 0.221 e. The Morgan fingerprint density at radius 3 is 2.85 bits per heavy atom. The third kappa shape index (κ3) is 3.87. The molecule has 26 heavy (non-hydrogen) atoms. The Bertz CT molecular complexity index is 1030. The molecule has 1 aromatic heterocycles. The van der Waals surface area contributed by atoms with Gasteiger partial charge in [-0.05, 0) is 29.7 Å². The number of amides is 1. The molecule has 1 heterocycles. The molecule has 2 N–H and O–H groups in total. The molecule has 0 atom stereocenters. The highest BCUT2D eigenvalue weighted by molar-refractivity contribution is 5.97. The predicted molar refractivity (Wildman–Crippen MR) is 105 cm³/mol. The van der Waals surface area contributed by atoms with Gasteiger partial charge in [-0.2, -0.15) is 5.26 Å². The third-order valence-electron chi connectivity index (χ3n) is 3.91. The maximum atomic E-state index is 11.3. The van der Waals surface area contributed by atoms with Crippen molar-refractivity contribution in [1.29, 1.82) is 5.26 Å². The molecule has 2 aromatic carbocycles.